The third-order valence-corrected chi connectivity index (χ3v) is 3.83. The maximum atomic E-state index is 12.7. The van der Waals surface area contributed by atoms with Gasteiger partial charge in [0.1, 0.15) is 13.2 Å². The van der Waals surface area contributed by atoms with Crippen LogP contribution in [0.4, 0.5) is 0 Å². The molecule has 0 radical (unpaired) electrons. The number of aromatic amines is 1. The van der Waals surface area contributed by atoms with E-state index in [0.717, 1.165) is 12.1 Å². The van der Waals surface area contributed by atoms with Crippen LogP contribution in [0.3, 0.4) is 0 Å². The van der Waals surface area contributed by atoms with Crippen molar-refractivity contribution < 1.29 is 19.0 Å². The Morgan fingerprint density at radius 3 is 2.74 bits per heavy atom. The number of nitrogens with one attached hydrogen (secondary N) is 2. The van der Waals surface area contributed by atoms with Crippen LogP contribution in [-0.2, 0) is 0 Å². The lowest BCUT2D eigenvalue weighted by Crippen LogP contribution is -2.29. The SMILES string of the molecule is CCC(NC(=O)c1ccc(OC)c2c1OCCO2)c1ccc[nH]1. The number of methoxy groups -OCH3 is 1. The molecule has 1 aromatic heterocycles. The Morgan fingerprint density at radius 2 is 2.09 bits per heavy atom. The third-order valence-electron chi connectivity index (χ3n) is 3.83. The maximum absolute atomic E-state index is 12.7. The smallest absolute Gasteiger partial charge is 0.255 e. The van der Waals surface area contributed by atoms with Gasteiger partial charge in [-0.1, -0.05) is 6.92 Å². The average molecular weight is 316 g/mol. The molecule has 2 heterocycles. The second kappa shape index (κ2) is 6.64. The summed E-state index contributed by atoms with van der Waals surface area (Å²) in [7, 11) is 1.56. The van der Waals surface area contributed by atoms with Crippen LogP contribution >= 0.6 is 0 Å². The highest BCUT2D eigenvalue weighted by molar-refractivity contribution is 5.98. The monoisotopic (exact) mass is 316 g/mol. The van der Waals surface area contributed by atoms with Crippen molar-refractivity contribution in [1.82, 2.24) is 10.3 Å². The van der Waals surface area contributed by atoms with E-state index in [1.165, 1.54) is 0 Å². The first kappa shape index (κ1) is 15.3. The molecule has 1 unspecified atom stereocenters. The molecule has 0 bridgehead atoms. The molecule has 23 heavy (non-hydrogen) atoms. The van der Waals surface area contributed by atoms with E-state index >= 15 is 0 Å². The summed E-state index contributed by atoms with van der Waals surface area (Å²) in [5.74, 6) is 1.29. The molecule has 2 N–H and O–H groups in total. The van der Waals surface area contributed by atoms with Crippen molar-refractivity contribution in [3.05, 3.63) is 41.7 Å². The Balaban J connectivity index is 1.87. The number of aromatic nitrogens is 1. The van der Waals surface area contributed by atoms with E-state index < -0.39 is 0 Å². The number of ether oxygens (including phenoxy) is 3. The zero-order chi connectivity index (χ0) is 16.2. The van der Waals surface area contributed by atoms with Crippen molar-refractivity contribution in [2.24, 2.45) is 0 Å². The molecule has 1 aliphatic heterocycles. The van der Waals surface area contributed by atoms with Gasteiger partial charge in [-0.3, -0.25) is 4.79 Å². The van der Waals surface area contributed by atoms with Crippen LogP contribution < -0.4 is 19.5 Å². The molecule has 0 saturated heterocycles. The second-order valence-corrected chi connectivity index (χ2v) is 5.23. The predicted molar refractivity (Wildman–Crippen MR) is 85.3 cm³/mol. The van der Waals surface area contributed by atoms with E-state index in [1.807, 2.05) is 25.3 Å². The van der Waals surface area contributed by atoms with Gasteiger partial charge >= 0.3 is 0 Å². The summed E-state index contributed by atoms with van der Waals surface area (Å²) < 4.78 is 16.5. The fourth-order valence-corrected chi connectivity index (χ4v) is 2.65. The van der Waals surface area contributed by atoms with Gasteiger partial charge in [-0.15, -0.1) is 0 Å². The second-order valence-electron chi connectivity index (χ2n) is 5.23. The Bertz CT molecular complexity index is 682. The molecule has 1 aliphatic rings. The summed E-state index contributed by atoms with van der Waals surface area (Å²) in [6.07, 6.45) is 2.62. The van der Waals surface area contributed by atoms with Gasteiger partial charge in [-0.2, -0.15) is 0 Å². The van der Waals surface area contributed by atoms with Crippen LogP contribution in [0.5, 0.6) is 17.2 Å². The molecular formula is C17H20N2O4. The van der Waals surface area contributed by atoms with E-state index in [9.17, 15) is 4.79 Å². The average Bonchev–Trinajstić information content (AvgIpc) is 3.12. The molecule has 122 valence electrons. The summed E-state index contributed by atoms with van der Waals surface area (Å²) in [6, 6.07) is 7.20. The van der Waals surface area contributed by atoms with E-state index in [-0.39, 0.29) is 11.9 Å². The first-order valence-corrected chi connectivity index (χ1v) is 7.65. The largest absolute Gasteiger partial charge is 0.493 e. The van der Waals surface area contributed by atoms with Crippen molar-refractivity contribution in [3.8, 4) is 17.2 Å². The lowest BCUT2D eigenvalue weighted by Gasteiger charge is -2.23. The van der Waals surface area contributed by atoms with Gasteiger partial charge in [-0.05, 0) is 30.7 Å². The normalized spacial score (nSPS) is 14.2. The number of benzene rings is 1. The van der Waals surface area contributed by atoms with Crippen molar-refractivity contribution in [1.29, 1.82) is 0 Å². The van der Waals surface area contributed by atoms with Gasteiger partial charge in [-0.25, -0.2) is 0 Å². The Kier molecular flexibility index (Phi) is 4.41. The van der Waals surface area contributed by atoms with E-state index in [1.54, 1.807) is 19.2 Å². The number of rotatable bonds is 5. The predicted octanol–water partition coefficient (Wildman–Crippen LogP) is 2.68. The van der Waals surface area contributed by atoms with Crippen LogP contribution in [0, 0.1) is 0 Å². The summed E-state index contributed by atoms with van der Waals surface area (Å²) in [5.41, 5.74) is 1.42. The molecule has 2 aromatic rings. The molecule has 0 aliphatic carbocycles. The van der Waals surface area contributed by atoms with Gasteiger partial charge in [0.05, 0.1) is 18.7 Å². The molecule has 1 atom stereocenters. The van der Waals surface area contributed by atoms with Crippen LogP contribution in [0.2, 0.25) is 0 Å². The molecule has 6 heteroatoms. The van der Waals surface area contributed by atoms with Crippen molar-refractivity contribution >= 4 is 5.91 Å². The summed E-state index contributed by atoms with van der Waals surface area (Å²) in [5, 5.41) is 3.03. The first-order chi connectivity index (χ1) is 11.2. The van der Waals surface area contributed by atoms with Gasteiger partial charge in [0.2, 0.25) is 5.75 Å². The zero-order valence-electron chi connectivity index (χ0n) is 13.2. The van der Waals surface area contributed by atoms with E-state index in [0.29, 0.717) is 36.0 Å². The zero-order valence-corrected chi connectivity index (χ0v) is 13.2. The standard InChI is InChI=1S/C17H20N2O4/c1-3-12(13-5-4-8-18-13)19-17(20)11-6-7-14(21-2)16-15(11)22-9-10-23-16/h4-8,12,18H,3,9-10H2,1-2H3,(H,19,20). The summed E-state index contributed by atoms with van der Waals surface area (Å²) in [6.45, 7) is 2.87. The molecular weight excluding hydrogens is 296 g/mol. The molecule has 0 fully saturated rings. The Labute approximate surface area is 134 Å². The quantitative estimate of drug-likeness (QED) is 0.889. The minimum Gasteiger partial charge on any atom is -0.493 e. The van der Waals surface area contributed by atoms with Gasteiger partial charge in [0.15, 0.2) is 11.5 Å². The van der Waals surface area contributed by atoms with Gasteiger partial charge in [0.25, 0.3) is 5.91 Å². The minimum atomic E-state index is -0.198. The number of carbonyl (C=O) groups excluding carboxylic acids is 1. The van der Waals surface area contributed by atoms with Crippen molar-refractivity contribution in [3.63, 3.8) is 0 Å². The van der Waals surface area contributed by atoms with Crippen LogP contribution in [-0.4, -0.2) is 31.2 Å². The lowest BCUT2D eigenvalue weighted by molar-refractivity contribution is 0.0923. The fourth-order valence-electron chi connectivity index (χ4n) is 2.65. The number of fused-ring (bicyclic) bond motifs is 1. The topological polar surface area (TPSA) is 72.6 Å². The molecule has 1 amide bonds. The van der Waals surface area contributed by atoms with Crippen LogP contribution in [0.15, 0.2) is 30.5 Å². The van der Waals surface area contributed by atoms with Gasteiger partial charge in [0, 0.05) is 11.9 Å². The van der Waals surface area contributed by atoms with Crippen LogP contribution in [0.1, 0.15) is 35.4 Å². The number of hydrogen-bond acceptors (Lipinski definition) is 4. The molecule has 1 aromatic carbocycles. The summed E-state index contributed by atoms with van der Waals surface area (Å²) in [4.78, 5) is 15.8. The fraction of sp³-hybridized carbons (Fsp3) is 0.353. The highest BCUT2D eigenvalue weighted by atomic mass is 16.6. The molecule has 0 saturated carbocycles. The first-order valence-electron chi connectivity index (χ1n) is 7.65. The van der Waals surface area contributed by atoms with Crippen molar-refractivity contribution in [2.45, 2.75) is 19.4 Å². The molecule has 3 rings (SSSR count). The van der Waals surface area contributed by atoms with E-state index in [2.05, 4.69) is 10.3 Å². The minimum absolute atomic E-state index is 0.0836. The Morgan fingerprint density at radius 1 is 1.30 bits per heavy atom. The van der Waals surface area contributed by atoms with Gasteiger partial charge < -0.3 is 24.5 Å². The Hall–Kier alpha value is -2.63. The number of H-pyrrole nitrogens is 1. The third kappa shape index (κ3) is 2.97. The van der Waals surface area contributed by atoms with Crippen molar-refractivity contribution in [2.75, 3.05) is 20.3 Å². The van der Waals surface area contributed by atoms with E-state index in [4.69, 9.17) is 14.2 Å². The number of amides is 1. The van der Waals surface area contributed by atoms with Crippen LogP contribution in [0.25, 0.3) is 0 Å². The number of hydrogen-bond donors (Lipinski definition) is 2. The highest BCUT2D eigenvalue weighted by Crippen LogP contribution is 2.42. The maximum Gasteiger partial charge on any atom is 0.255 e. The lowest BCUT2D eigenvalue weighted by atomic mass is 10.1. The number of carbonyl (C=O) groups is 1. The summed E-state index contributed by atoms with van der Waals surface area (Å²) >= 11 is 0. The molecule has 6 nitrogen and oxygen atoms in total. The molecule has 0 spiro atoms. The highest BCUT2D eigenvalue weighted by Gasteiger charge is 2.25.